The van der Waals surface area contributed by atoms with Gasteiger partial charge in [0, 0.05) is 6.20 Å². The van der Waals surface area contributed by atoms with Gasteiger partial charge in [-0.05, 0) is 36.5 Å². The third kappa shape index (κ3) is 1.51. The highest BCUT2D eigenvalue weighted by Crippen LogP contribution is 2.25. The molecule has 0 bridgehead atoms. The second-order valence-electron chi connectivity index (χ2n) is 4.14. The normalized spacial score (nSPS) is 14.6. The van der Waals surface area contributed by atoms with E-state index in [1.54, 1.807) is 0 Å². The molecule has 0 aromatic carbocycles. The van der Waals surface area contributed by atoms with Crippen molar-refractivity contribution in [2.45, 2.75) is 33.1 Å². The van der Waals surface area contributed by atoms with Gasteiger partial charge in [0.15, 0.2) is 0 Å². The van der Waals surface area contributed by atoms with Crippen LogP contribution in [0.15, 0.2) is 17.8 Å². The predicted molar refractivity (Wildman–Crippen MR) is 55.7 cm³/mol. The fourth-order valence-electron chi connectivity index (χ4n) is 1.71. The number of pyridine rings is 1. The minimum atomic E-state index is 0.582. The molecule has 68 valence electrons. The standard InChI is InChI=1S/C12H15N/c1-8(2)11-6-10-4-9(3)5-12(10)13-7-11/h5-8H,4H2,1-3H3. The number of aromatic nitrogens is 1. The van der Waals surface area contributed by atoms with Gasteiger partial charge in [-0.3, -0.25) is 4.98 Å². The van der Waals surface area contributed by atoms with Gasteiger partial charge in [0.1, 0.15) is 0 Å². The summed E-state index contributed by atoms with van der Waals surface area (Å²) in [6, 6.07) is 2.29. The average molecular weight is 173 g/mol. The third-order valence-electron chi connectivity index (χ3n) is 2.54. The van der Waals surface area contributed by atoms with Gasteiger partial charge in [0.2, 0.25) is 0 Å². The lowest BCUT2D eigenvalue weighted by molar-refractivity contribution is 0.853. The Kier molecular flexibility index (Phi) is 1.95. The van der Waals surface area contributed by atoms with Gasteiger partial charge in [0.25, 0.3) is 0 Å². The topological polar surface area (TPSA) is 12.9 Å². The lowest BCUT2D eigenvalue weighted by Gasteiger charge is -2.06. The highest BCUT2D eigenvalue weighted by atomic mass is 14.7. The van der Waals surface area contributed by atoms with Crippen LogP contribution in [-0.4, -0.2) is 4.98 Å². The summed E-state index contributed by atoms with van der Waals surface area (Å²) in [7, 11) is 0. The molecular formula is C12H15N. The van der Waals surface area contributed by atoms with E-state index in [0.717, 1.165) is 6.42 Å². The molecular weight excluding hydrogens is 158 g/mol. The van der Waals surface area contributed by atoms with E-state index in [2.05, 4.69) is 37.9 Å². The highest BCUT2D eigenvalue weighted by molar-refractivity contribution is 5.60. The van der Waals surface area contributed by atoms with Crippen molar-refractivity contribution in [2.24, 2.45) is 0 Å². The Morgan fingerprint density at radius 1 is 1.38 bits per heavy atom. The Balaban J connectivity index is 2.40. The van der Waals surface area contributed by atoms with Crippen LogP contribution < -0.4 is 0 Å². The molecule has 1 aliphatic rings. The fraction of sp³-hybridized carbons (Fsp3) is 0.417. The molecule has 0 N–H and O–H groups in total. The molecule has 0 saturated carbocycles. The Hall–Kier alpha value is -1.11. The second kappa shape index (κ2) is 2.99. The van der Waals surface area contributed by atoms with Crippen LogP contribution in [0, 0.1) is 0 Å². The van der Waals surface area contributed by atoms with E-state index >= 15 is 0 Å². The minimum absolute atomic E-state index is 0.582. The lowest BCUT2D eigenvalue weighted by atomic mass is 10.0. The van der Waals surface area contributed by atoms with Crippen LogP contribution >= 0.6 is 0 Å². The van der Waals surface area contributed by atoms with Crippen molar-refractivity contribution in [3.8, 4) is 0 Å². The van der Waals surface area contributed by atoms with Crippen molar-refractivity contribution in [1.82, 2.24) is 4.98 Å². The van der Waals surface area contributed by atoms with Crippen molar-refractivity contribution in [2.75, 3.05) is 0 Å². The molecule has 0 radical (unpaired) electrons. The molecule has 2 rings (SSSR count). The molecule has 1 heteroatoms. The Bertz CT molecular complexity index is 361. The van der Waals surface area contributed by atoms with E-state index in [9.17, 15) is 0 Å². The molecule has 0 aliphatic heterocycles. The first kappa shape index (κ1) is 8.49. The van der Waals surface area contributed by atoms with Crippen molar-refractivity contribution in [3.63, 3.8) is 0 Å². The molecule has 0 spiro atoms. The summed E-state index contributed by atoms with van der Waals surface area (Å²) in [6.07, 6.45) is 5.26. The maximum absolute atomic E-state index is 4.45. The van der Waals surface area contributed by atoms with Crippen LogP contribution in [-0.2, 0) is 6.42 Å². The Morgan fingerprint density at radius 3 is 2.85 bits per heavy atom. The third-order valence-corrected chi connectivity index (χ3v) is 2.54. The number of rotatable bonds is 1. The molecule has 1 nitrogen and oxygen atoms in total. The van der Waals surface area contributed by atoms with Gasteiger partial charge in [0.05, 0.1) is 5.69 Å². The zero-order valence-electron chi connectivity index (χ0n) is 8.46. The SMILES string of the molecule is CC1=Cc2ncc(C(C)C)cc2C1. The molecule has 1 aliphatic carbocycles. The maximum atomic E-state index is 4.45. The zero-order chi connectivity index (χ0) is 9.42. The van der Waals surface area contributed by atoms with Crippen LogP contribution in [0.2, 0.25) is 0 Å². The fourth-order valence-corrected chi connectivity index (χ4v) is 1.71. The summed E-state index contributed by atoms with van der Waals surface area (Å²) in [5, 5.41) is 0. The zero-order valence-corrected chi connectivity index (χ0v) is 8.46. The molecule has 0 fully saturated rings. The van der Waals surface area contributed by atoms with Crippen molar-refractivity contribution < 1.29 is 0 Å². The monoisotopic (exact) mass is 173 g/mol. The van der Waals surface area contributed by atoms with Crippen LogP contribution in [0.4, 0.5) is 0 Å². The van der Waals surface area contributed by atoms with E-state index in [1.807, 2.05) is 6.20 Å². The molecule has 0 saturated heterocycles. The van der Waals surface area contributed by atoms with Crippen LogP contribution in [0.1, 0.15) is 43.5 Å². The van der Waals surface area contributed by atoms with Gasteiger partial charge in [-0.25, -0.2) is 0 Å². The summed E-state index contributed by atoms with van der Waals surface area (Å²) >= 11 is 0. The van der Waals surface area contributed by atoms with Crippen LogP contribution in [0.25, 0.3) is 6.08 Å². The molecule has 1 aromatic heterocycles. The number of hydrogen-bond acceptors (Lipinski definition) is 1. The first-order chi connectivity index (χ1) is 6.16. The Morgan fingerprint density at radius 2 is 2.15 bits per heavy atom. The van der Waals surface area contributed by atoms with Crippen molar-refractivity contribution in [1.29, 1.82) is 0 Å². The highest BCUT2D eigenvalue weighted by Gasteiger charge is 2.11. The van der Waals surface area contributed by atoms with Crippen LogP contribution in [0.3, 0.4) is 0 Å². The molecule has 0 unspecified atom stereocenters. The average Bonchev–Trinajstić information content (AvgIpc) is 2.42. The summed E-state index contributed by atoms with van der Waals surface area (Å²) in [5.74, 6) is 0.582. The minimum Gasteiger partial charge on any atom is -0.256 e. The van der Waals surface area contributed by atoms with Crippen molar-refractivity contribution >= 4 is 6.08 Å². The summed E-state index contributed by atoms with van der Waals surface area (Å²) < 4.78 is 0. The smallest absolute Gasteiger partial charge is 0.0664 e. The van der Waals surface area contributed by atoms with Crippen molar-refractivity contribution in [3.05, 3.63) is 34.7 Å². The number of hydrogen-bond donors (Lipinski definition) is 0. The van der Waals surface area contributed by atoms with Gasteiger partial charge >= 0.3 is 0 Å². The Labute approximate surface area is 79.5 Å². The molecule has 13 heavy (non-hydrogen) atoms. The summed E-state index contributed by atoms with van der Waals surface area (Å²) in [5.41, 5.74) is 5.33. The van der Waals surface area contributed by atoms with Crippen LogP contribution in [0.5, 0.6) is 0 Å². The molecule has 1 heterocycles. The van der Waals surface area contributed by atoms with E-state index in [0.29, 0.717) is 5.92 Å². The first-order valence-electron chi connectivity index (χ1n) is 4.83. The van der Waals surface area contributed by atoms with E-state index < -0.39 is 0 Å². The van der Waals surface area contributed by atoms with E-state index in [1.165, 1.54) is 22.4 Å². The van der Waals surface area contributed by atoms with Gasteiger partial charge in [-0.2, -0.15) is 0 Å². The quantitative estimate of drug-likeness (QED) is 0.635. The number of nitrogens with zero attached hydrogens (tertiary/aromatic N) is 1. The number of allylic oxidation sites excluding steroid dienone is 1. The summed E-state index contributed by atoms with van der Waals surface area (Å²) in [6.45, 7) is 6.58. The van der Waals surface area contributed by atoms with E-state index in [-0.39, 0.29) is 0 Å². The van der Waals surface area contributed by atoms with Gasteiger partial charge in [-0.1, -0.05) is 25.5 Å². The predicted octanol–water partition coefficient (Wildman–Crippen LogP) is 3.16. The number of fused-ring (bicyclic) bond motifs is 1. The van der Waals surface area contributed by atoms with Gasteiger partial charge < -0.3 is 0 Å². The lowest BCUT2D eigenvalue weighted by Crippen LogP contribution is -1.93. The molecule has 1 aromatic rings. The van der Waals surface area contributed by atoms with E-state index in [4.69, 9.17) is 0 Å². The first-order valence-corrected chi connectivity index (χ1v) is 4.83. The summed E-state index contributed by atoms with van der Waals surface area (Å²) in [4.78, 5) is 4.45. The molecule has 0 atom stereocenters. The van der Waals surface area contributed by atoms with Gasteiger partial charge in [-0.15, -0.1) is 0 Å². The second-order valence-corrected chi connectivity index (χ2v) is 4.14. The molecule has 0 amide bonds. The largest absolute Gasteiger partial charge is 0.256 e. The maximum Gasteiger partial charge on any atom is 0.0664 e.